The van der Waals surface area contributed by atoms with Crippen molar-refractivity contribution in [1.29, 1.82) is 0 Å². The third-order valence-corrected chi connectivity index (χ3v) is 4.37. The average Bonchev–Trinajstić information content (AvgIpc) is 2.66. The minimum Gasteiger partial charge on any atom is -0.476 e. The zero-order valence-electron chi connectivity index (χ0n) is 14.7. The predicted molar refractivity (Wildman–Crippen MR) is 98.0 cm³/mol. The van der Waals surface area contributed by atoms with Gasteiger partial charge in [0.25, 0.3) is 0 Å². The van der Waals surface area contributed by atoms with Gasteiger partial charge >= 0.3 is 0 Å². The van der Waals surface area contributed by atoms with Gasteiger partial charge in [0, 0.05) is 0 Å². The lowest BCUT2D eigenvalue weighted by molar-refractivity contribution is 0.153. The highest BCUT2D eigenvalue weighted by Crippen LogP contribution is 2.16. The molecule has 1 fully saturated rings. The van der Waals surface area contributed by atoms with Crippen molar-refractivity contribution in [2.75, 3.05) is 19.7 Å². The molecule has 0 amide bonds. The van der Waals surface area contributed by atoms with E-state index in [9.17, 15) is 0 Å². The van der Waals surface area contributed by atoms with Gasteiger partial charge in [-0.05, 0) is 57.2 Å². The molecule has 5 heteroatoms. The Morgan fingerprint density at radius 2 is 1.76 bits per heavy atom. The number of ether oxygens (including phenoxy) is 2. The van der Waals surface area contributed by atoms with Gasteiger partial charge in [0.2, 0.25) is 11.8 Å². The van der Waals surface area contributed by atoms with Gasteiger partial charge in [-0.25, -0.2) is 0 Å². The summed E-state index contributed by atoms with van der Waals surface area (Å²) in [4.78, 5) is 8.58. The molecule has 1 aliphatic heterocycles. The van der Waals surface area contributed by atoms with Crippen LogP contribution < -0.4 is 14.8 Å². The van der Waals surface area contributed by atoms with E-state index in [2.05, 4.69) is 45.6 Å². The fourth-order valence-electron chi connectivity index (χ4n) is 2.97. The fraction of sp³-hybridized carbons (Fsp3) is 0.500. The van der Waals surface area contributed by atoms with Crippen LogP contribution in [0.1, 0.15) is 37.7 Å². The first kappa shape index (κ1) is 17.7. The average molecular weight is 341 g/mol. The normalized spacial score (nSPS) is 15.0. The number of hydrogen-bond donors (Lipinski definition) is 1. The SMILES string of the molecule is c1ccc(CCCCCOc2cncc(OC3CCNCC3)n2)cc1. The van der Waals surface area contributed by atoms with Crippen molar-refractivity contribution in [3.05, 3.63) is 48.3 Å². The summed E-state index contributed by atoms with van der Waals surface area (Å²) in [5, 5.41) is 3.33. The molecule has 0 aliphatic carbocycles. The van der Waals surface area contributed by atoms with Crippen molar-refractivity contribution in [2.24, 2.45) is 0 Å². The molecule has 0 radical (unpaired) electrons. The smallest absolute Gasteiger partial charge is 0.235 e. The summed E-state index contributed by atoms with van der Waals surface area (Å²) in [5.74, 6) is 1.11. The summed E-state index contributed by atoms with van der Waals surface area (Å²) in [7, 11) is 0. The van der Waals surface area contributed by atoms with Gasteiger partial charge < -0.3 is 14.8 Å². The van der Waals surface area contributed by atoms with E-state index in [4.69, 9.17) is 9.47 Å². The summed E-state index contributed by atoms with van der Waals surface area (Å²) in [6.07, 6.45) is 10.0. The van der Waals surface area contributed by atoms with Crippen LogP contribution in [0.15, 0.2) is 42.7 Å². The highest BCUT2D eigenvalue weighted by Gasteiger charge is 2.15. The number of nitrogens with one attached hydrogen (secondary N) is 1. The number of aryl methyl sites for hydroxylation is 1. The molecule has 0 saturated carbocycles. The van der Waals surface area contributed by atoms with Crippen LogP contribution in [0.5, 0.6) is 11.8 Å². The van der Waals surface area contributed by atoms with Crippen LogP contribution in [0.3, 0.4) is 0 Å². The van der Waals surface area contributed by atoms with E-state index in [1.54, 1.807) is 12.4 Å². The Labute approximate surface area is 149 Å². The molecule has 1 aliphatic rings. The molecule has 1 N–H and O–H groups in total. The number of benzene rings is 1. The highest BCUT2D eigenvalue weighted by molar-refractivity contribution is 5.14. The molecule has 0 unspecified atom stereocenters. The van der Waals surface area contributed by atoms with E-state index in [0.717, 1.165) is 45.2 Å². The van der Waals surface area contributed by atoms with E-state index >= 15 is 0 Å². The minimum absolute atomic E-state index is 0.226. The van der Waals surface area contributed by atoms with Gasteiger partial charge in [0.15, 0.2) is 0 Å². The van der Waals surface area contributed by atoms with Crippen LogP contribution in [-0.2, 0) is 6.42 Å². The number of nitrogens with zero attached hydrogens (tertiary/aromatic N) is 2. The Kier molecular flexibility index (Phi) is 7.06. The lowest BCUT2D eigenvalue weighted by atomic mass is 10.1. The van der Waals surface area contributed by atoms with Crippen molar-refractivity contribution in [3.63, 3.8) is 0 Å². The Hall–Kier alpha value is -2.14. The standard InChI is InChI=1S/C20H27N3O2/c1-3-7-17(8-4-1)9-5-2-6-14-24-19-15-22-16-20(23-19)25-18-10-12-21-13-11-18/h1,3-4,7-8,15-16,18,21H,2,5-6,9-14H2. The topological polar surface area (TPSA) is 56.3 Å². The van der Waals surface area contributed by atoms with Crippen LogP contribution in [0, 0.1) is 0 Å². The first-order chi connectivity index (χ1) is 12.4. The Balaban J connectivity index is 1.33. The summed E-state index contributed by atoms with van der Waals surface area (Å²) in [6.45, 7) is 2.66. The van der Waals surface area contributed by atoms with Crippen LogP contribution in [0.4, 0.5) is 0 Å². The van der Waals surface area contributed by atoms with E-state index in [1.807, 2.05) is 0 Å². The largest absolute Gasteiger partial charge is 0.476 e. The number of piperidine rings is 1. The van der Waals surface area contributed by atoms with Crippen molar-refractivity contribution >= 4 is 0 Å². The van der Waals surface area contributed by atoms with E-state index in [1.165, 1.54) is 12.0 Å². The quantitative estimate of drug-likeness (QED) is 0.709. The first-order valence-corrected chi connectivity index (χ1v) is 9.26. The molecule has 2 heterocycles. The monoisotopic (exact) mass is 341 g/mol. The Morgan fingerprint density at radius 3 is 2.60 bits per heavy atom. The van der Waals surface area contributed by atoms with Crippen molar-refractivity contribution in [1.82, 2.24) is 15.3 Å². The van der Waals surface area contributed by atoms with Crippen LogP contribution >= 0.6 is 0 Å². The highest BCUT2D eigenvalue weighted by atomic mass is 16.5. The molecule has 1 saturated heterocycles. The van der Waals surface area contributed by atoms with Crippen molar-refractivity contribution in [2.45, 2.75) is 44.6 Å². The molecular weight excluding hydrogens is 314 g/mol. The molecule has 0 atom stereocenters. The third-order valence-electron chi connectivity index (χ3n) is 4.37. The Morgan fingerprint density at radius 1 is 0.960 bits per heavy atom. The summed E-state index contributed by atoms with van der Waals surface area (Å²) in [6, 6.07) is 10.6. The maximum absolute atomic E-state index is 5.90. The van der Waals surface area contributed by atoms with Gasteiger partial charge in [-0.1, -0.05) is 30.3 Å². The first-order valence-electron chi connectivity index (χ1n) is 9.26. The van der Waals surface area contributed by atoms with E-state index in [0.29, 0.717) is 18.4 Å². The number of hydrogen-bond acceptors (Lipinski definition) is 5. The number of rotatable bonds is 9. The minimum atomic E-state index is 0.226. The van der Waals surface area contributed by atoms with Gasteiger partial charge in [-0.15, -0.1) is 0 Å². The number of aromatic nitrogens is 2. The second-order valence-electron chi connectivity index (χ2n) is 6.41. The lowest BCUT2D eigenvalue weighted by Crippen LogP contribution is -2.34. The Bertz CT molecular complexity index is 615. The van der Waals surface area contributed by atoms with Gasteiger partial charge in [0.05, 0.1) is 19.0 Å². The van der Waals surface area contributed by atoms with Crippen LogP contribution in [-0.4, -0.2) is 35.8 Å². The predicted octanol–water partition coefficient (Wildman–Crippen LogP) is 3.40. The molecule has 25 heavy (non-hydrogen) atoms. The molecule has 0 spiro atoms. The van der Waals surface area contributed by atoms with E-state index in [-0.39, 0.29) is 6.10 Å². The molecule has 5 nitrogen and oxygen atoms in total. The van der Waals surface area contributed by atoms with E-state index < -0.39 is 0 Å². The molecule has 1 aromatic heterocycles. The van der Waals surface area contributed by atoms with Crippen molar-refractivity contribution in [3.8, 4) is 11.8 Å². The molecular formula is C20H27N3O2. The summed E-state index contributed by atoms with van der Waals surface area (Å²) >= 11 is 0. The molecule has 134 valence electrons. The summed E-state index contributed by atoms with van der Waals surface area (Å²) in [5.41, 5.74) is 1.40. The fourth-order valence-corrected chi connectivity index (χ4v) is 2.97. The van der Waals surface area contributed by atoms with Crippen molar-refractivity contribution < 1.29 is 9.47 Å². The zero-order valence-corrected chi connectivity index (χ0v) is 14.7. The molecule has 0 bridgehead atoms. The molecule has 1 aromatic carbocycles. The number of unbranched alkanes of at least 4 members (excludes halogenated alkanes) is 2. The van der Waals surface area contributed by atoms with Crippen LogP contribution in [0.2, 0.25) is 0 Å². The third kappa shape index (κ3) is 6.35. The van der Waals surface area contributed by atoms with Gasteiger partial charge in [0.1, 0.15) is 6.10 Å². The molecule has 2 aromatic rings. The lowest BCUT2D eigenvalue weighted by Gasteiger charge is -2.23. The zero-order chi connectivity index (χ0) is 17.2. The second-order valence-corrected chi connectivity index (χ2v) is 6.41. The maximum atomic E-state index is 5.90. The van der Waals surface area contributed by atoms with Crippen LogP contribution in [0.25, 0.3) is 0 Å². The van der Waals surface area contributed by atoms with Gasteiger partial charge in [-0.3, -0.25) is 4.98 Å². The maximum Gasteiger partial charge on any atom is 0.235 e. The molecule has 3 rings (SSSR count). The van der Waals surface area contributed by atoms with Gasteiger partial charge in [-0.2, -0.15) is 4.98 Å². The second kappa shape index (κ2) is 9.99. The summed E-state index contributed by atoms with van der Waals surface area (Å²) < 4.78 is 11.6.